The maximum Gasteiger partial charge on any atom is 0.0136 e. The molecule has 2 aliphatic carbocycles. The third-order valence-corrected chi connectivity index (χ3v) is 9.71. The minimum atomic E-state index is -0.526. The second kappa shape index (κ2) is 5.26. The van der Waals surface area contributed by atoms with Gasteiger partial charge in [0.2, 0.25) is 0 Å². The zero-order valence-corrected chi connectivity index (χ0v) is 11.8. The summed E-state index contributed by atoms with van der Waals surface area (Å²) >= 11 is 0. The first-order valence-electron chi connectivity index (χ1n) is 7.63. The molecular formula is C15H27NS. The molecule has 2 heteroatoms. The molecule has 0 aromatic rings. The predicted molar refractivity (Wildman–Crippen MR) is 78.5 cm³/mol. The summed E-state index contributed by atoms with van der Waals surface area (Å²) in [6.07, 6.45) is 19.7. The molecule has 1 N–H and O–H groups in total. The molecule has 0 bridgehead atoms. The van der Waals surface area contributed by atoms with Crippen molar-refractivity contribution in [2.24, 2.45) is 0 Å². The molecule has 0 radical (unpaired) electrons. The van der Waals surface area contributed by atoms with Gasteiger partial charge in [-0.1, -0.05) is 44.6 Å². The van der Waals surface area contributed by atoms with Crippen molar-refractivity contribution in [1.29, 1.82) is 0 Å². The molecule has 0 unspecified atom stereocenters. The van der Waals surface area contributed by atoms with Gasteiger partial charge in [-0.25, -0.2) is 0 Å². The zero-order valence-electron chi connectivity index (χ0n) is 11.0. The first kappa shape index (κ1) is 12.0. The van der Waals surface area contributed by atoms with E-state index in [0.717, 1.165) is 10.5 Å². The first-order chi connectivity index (χ1) is 8.42. The summed E-state index contributed by atoms with van der Waals surface area (Å²) in [5.74, 6) is 1.39. The average Bonchev–Trinajstić information content (AvgIpc) is 2.91. The lowest BCUT2D eigenvalue weighted by atomic mass is 10.00. The quantitative estimate of drug-likeness (QED) is 0.764. The summed E-state index contributed by atoms with van der Waals surface area (Å²) in [5.41, 5.74) is 0. The Morgan fingerprint density at radius 1 is 0.765 bits per heavy atom. The van der Waals surface area contributed by atoms with E-state index in [0.29, 0.717) is 0 Å². The molecule has 1 heterocycles. The van der Waals surface area contributed by atoms with Crippen LogP contribution in [0.3, 0.4) is 0 Å². The van der Waals surface area contributed by atoms with Crippen LogP contribution in [0.5, 0.6) is 0 Å². The summed E-state index contributed by atoms with van der Waals surface area (Å²) in [5, 5.41) is 2.07. The van der Waals surface area contributed by atoms with E-state index in [1.54, 1.807) is 0 Å². The van der Waals surface area contributed by atoms with Gasteiger partial charge in [0.25, 0.3) is 0 Å². The van der Waals surface area contributed by atoms with E-state index < -0.39 is 10.2 Å². The Morgan fingerprint density at radius 2 is 1.29 bits per heavy atom. The van der Waals surface area contributed by atoms with Crippen molar-refractivity contribution in [3.8, 4) is 0 Å². The molecule has 0 spiro atoms. The van der Waals surface area contributed by atoms with Gasteiger partial charge in [-0.05, 0) is 25.7 Å². The lowest BCUT2D eigenvalue weighted by Gasteiger charge is -2.52. The van der Waals surface area contributed by atoms with Crippen molar-refractivity contribution >= 4 is 10.2 Å². The molecule has 0 aromatic heterocycles. The van der Waals surface area contributed by atoms with Crippen LogP contribution in [0.2, 0.25) is 0 Å². The number of nitrogens with one attached hydrogen (secondary N) is 1. The zero-order chi connectivity index (χ0) is 11.6. The minimum absolute atomic E-state index is 0.526. The molecule has 2 saturated carbocycles. The molecule has 17 heavy (non-hydrogen) atoms. The van der Waals surface area contributed by atoms with Crippen LogP contribution in [0.25, 0.3) is 0 Å². The Morgan fingerprint density at radius 3 is 1.71 bits per heavy atom. The maximum absolute atomic E-state index is 3.91. The van der Waals surface area contributed by atoms with Crippen molar-refractivity contribution in [2.45, 2.75) is 74.7 Å². The Labute approximate surface area is 108 Å². The fraction of sp³-hybridized carbons (Fsp3) is 0.867. The van der Waals surface area contributed by atoms with E-state index >= 15 is 0 Å². The smallest absolute Gasteiger partial charge is 0.0136 e. The molecule has 3 aliphatic rings. The lowest BCUT2D eigenvalue weighted by Crippen LogP contribution is -2.38. The molecule has 0 aromatic carbocycles. The third-order valence-electron chi connectivity index (χ3n) is 5.07. The number of hydrogen-bond acceptors (Lipinski definition) is 1. The van der Waals surface area contributed by atoms with Crippen LogP contribution < -0.4 is 4.72 Å². The van der Waals surface area contributed by atoms with Crippen molar-refractivity contribution < 1.29 is 0 Å². The summed E-state index contributed by atoms with van der Waals surface area (Å²) in [6, 6.07) is 0. The number of rotatable bonds is 2. The van der Waals surface area contributed by atoms with Crippen LogP contribution in [0.15, 0.2) is 12.3 Å². The van der Waals surface area contributed by atoms with Gasteiger partial charge in [0, 0.05) is 22.5 Å². The largest absolute Gasteiger partial charge is 0.353 e. The van der Waals surface area contributed by atoms with Gasteiger partial charge in [-0.15, -0.1) is 0 Å². The van der Waals surface area contributed by atoms with E-state index in [4.69, 9.17) is 0 Å². The van der Waals surface area contributed by atoms with E-state index in [1.807, 2.05) is 0 Å². The first-order valence-corrected chi connectivity index (χ1v) is 9.56. The summed E-state index contributed by atoms with van der Waals surface area (Å²) in [6.45, 7) is 0. The van der Waals surface area contributed by atoms with Crippen molar-refractivity contribution in [1.82, 2.24) is 4.72 Å². The topological polar surface area (TPSA) is 12.0 Å². The SMILES string of the molecule is C1=CNS(C2CCCCC2)(C2CCCCC2)C1. The highest BCUT2D eigenvalue weighted by atomic mass is 32.3. The Balaban J connectivity index is 1.76. The van der Waals surface area contributed by atoms with Crippen LogP contribution >= 0.6 is 10.2 Å². The van der Waals surface area contributed by atoms with E-state index in [-0.39, 0.29) is 0 Å². The highest BCUT2D eigenvalue weighted by molar-refractivity contribution is 8.33. The summed E-state index contributed by atoms with van der Waals surface area (Å²) in [7, 11) is -0.526. The van der Waals surface area contributed by atoms with Gasteiger partial charge in [0.1, 0.15) is 0 Å². The predicted octanol–water partition coefficient (Wildman–Crippen LogP) is 4.49. The van der Waals surface area contributed by atoms with Crippen LogP contribution in [-0.4, -0.2) is 16.3 Å². The summed E-state index contributed by atoms with van der Waals surface area (Å²) in [4.78, 5) is 0. The second-order valence-electron chi connectivity index (χ2n) is 6.06. The molecule has 98 valence electrons. The van der Waals surface area contributed by atoms with Gasteiger partial charge < -0.3 is 4.72 Å². The Kier molecular flexibility index (Phi) is 3.69. The molecule has 2 fully saturated rings. The average molecular weight is 253 g/mol. The van der Waals surface area contributed by atoms with Crippen molar-refractivity contribution in [3.05, 3.63) is 12.3 Å². The van der Waals surface area contributed by atoms with Gasteiger partial charge >= 0.3 is 0 Å². The normalized spacial score (nSPS) is 32.2. The minimum Gasteiger partial charge on any atom is -0.353 e. The Hall–Kier alpha value is -0.110. The fourth-order valence-electron chi connectivity index (χ4n) is 4.14. The van der Waals surface area contributed by atoms with E-state index in [2.05, 4.69) is 17.0 Å². The molecule has 0 saturated heterocycles. The van der Waals surface area contributed by atoms with Crippen LogP contribution in [0.4, 0.5) is 0 Å². The van der Waals surface area contributed by atoms with Gasteiger partial charge in [-0.3, -0.25) is 0 Å². The van der Waals surface area contributed by atoms with Crippen molar-refractivity contribution in [2.75, 3.05) is 5.75 Å². The molecule has 3 rings (SSSR count). The highest BCUT2D eigenvalue weighted by Gasteiger charge is 2.41. The van der Waals surface area contributed by atoms with Crippen molar-refractivity contribution in [3.63, 3.8) is 0 Å². The lowest BCUT2D eigenvalue weighted by molar-refractivity contribution is 0.485. The maximum atomic E-state index is 3.91. The fourth-order valence-corrected chi connectivity index (χ4v) is 8.82. The third kappa shape index (κ3) is 2.25. The highest BCUT2D eigenvalue weighted by Crippen LogP contribution is 2.62. The Bertz CT molecular complexity index is 247. The van der Waals surface area contributed by atoms with Crippen LogP contribution in [0.1, 0.15) is 64.2 Å². The monoisotopic (exact) mass is 253 g/mol. The molecule has 0 amide bonds. The number of hydrogen-bond donors (Lipinski definition) is 1. The van der Waals surface area contributed by atoms with E-state index in [9.17, 15) is 0 Å². The summed E-state index contributed by atoms with van der Waals surface area (Å²) < 4.78 is 3.91. The van der Waals surface area contributed by atoms with Gasteiger partial charge in [0.05, 0.1) is 0 Å². The molecule has 1 aliphatic heterocycles. The molecule has 1 nitrogen and oxygen atoms in total. The molecule has 0 atom stereocenters. The van der Waals surface area contributed by atoms with Gasteiger partial charge in [0.15, 0.2) is 0 Å². The van der Waals surface area contributed by atoms with Gasteiger partial charge in [-0.2, -0.15) is 10.2 Å². The standard InChI is InChI=1S/C15H27NS/c1-3-8-14(9-4-1)17(13-7-12-16-17)15-10-5-2-6-11-15/h7,12,14-16H,1-6,8-11,13H2. The van der Waals surface area contributed by atoms with Crippen LogP contribution in [0, 0.1) is 0 Å². The second-order valence-corrected chi connectivity index (χ2v) is 9.66. The van der Waals surface area contributed by atoms with E-state index in [1.165, 1.54) is 70.0 Å². The van der Waals surface area contributed by atoms with Crippen LogP contribution in [-0.2, 0) is 0 Å². The molecular weight excluding hydrogens is 226 g/mol.